The lowest BCUT2D eigenvalue weighted by Crippen LogP contribution is -2.49. The predicted molar refractivity (Wildman–Crippen MR) is 58.8 cm³/mol. The van der Waals surface area contributed by atoms with E-state index in [1.807, 2.05) is 0 Å². The fourth-order valence-corrected chi connectivity index (χ4v) is 1.45. The second-order valence-electron chi connectivity index (χ2n) is 3.86. The molecular weight excluding hydrogens is 290 g/mol. The zero-order valence-corrected chi connectivity index (χ0v) is 10.4. The molecular formula is C12H12F6O2. The van der Waals surface area contributed by atoms with Crippen molar-refractivity contribution in [3.05, 3.63) is 36.3 Å². The van der Waals surface area contributed by atoms with Crippen LogP contribution in [0.3, 0.4) is 0 Å². The summed E-state index contributed by atoms with van der Waals surface area (Å²) in [6, 6.07) is 0. The van der Waals surface area contributed by atoms with Crippen molar-refractivity contribution in [3.8, 4) is 0 Å². The number of ether oxygens (including phenoxy) is 2. The van der Waals surface area contributed by atoms with Crippen molar-refractivity contribution in [2.45, 2.75) is 24.7 Å². The average Bonchev–Trinajstić information content (AvgIpc) is 2.44. The minimum absolute atomic E-state index is 0.561. The van der Waals surface area contributed by atoms with Gasteiger partial charge in [-0.1, -0.05) is 24.8 Å². The van der Waals surface area contributed by atoms with Crippen molar-refractivity contribution in [2.24, 2.45) is 0 Å². The molecule has 0 radical (unpaired) electrons. The van der Waals surface area contributed by atoms with Gasteiger partial charge in [-0.05, 0) is 6.92 Å². The number of hydrogen-bond donors (Lipinski definition) is 0. The molecule has 0 N–H and O–H groups in total. The van der Waals surface area contributed by atoms with Gasteiger partial charge in [0.1, 0.15) is 13.2 Å². The van der Waals surface area contributed by atoms with E-state index < -0.39 is 42.5 Å². The van der Waals surface area contributed by atoms with Gasteiger partial charge in [0, 0.05) is 0 Å². The largest absolute Gasteiger partial charge is 0.484 e. The summed E-state index contributed by atoms with van der Waals surface area (Å²) >= 11 is 0. The highest BCUT2D eigenvalue weighted by Crippen LogP contribution is 2.59. The van der Waals surface area contributed by atoms with Crippen LogP contribution in [0, 0.1) is 0 Å². The quantitative estimate of drug-likeness (QED) is 0.547. The van der Waals surface area contributed by atoms with Gasteiger partial charge in [-0.2, -0.15) is 26.3 Å². The van der Waals surface area contributed by atoms with Gasteiger partial charge < -0.3 is 9.47 Å². The molecule has 0 saturated heterocycles. The summed E-state index contributed by atoms with van der Waals surface area (Å²) in [5, 5.41) is 0. The molecule has 8 heteroatoms. The lowest BCUT2D eigenvalue weighted by Gasteiger charge is -2.24. The van der Waals surface area contributed by atoms with Crippen molar-refractivity contribution in [1.29, 1.82) is 0 Å². The first kappa shape index (κ1) is 16.5. The van der Waals surface area contributed by atoms with Gasteiger partial charge in [-0.25, -0.2) is 0 Å². The number of alkyl halides is 6. The Morgan fingerprint density at radius 2 is 1.40 bits per heavy atom. The predicted octanol–water partition coefficient (Wildman–Crippen LogP) is 3.91. The standard InChI is InChI=1S/C12H12F6O2/c1-3-5-7-20-9-8(19-6-4-2)10(13,14)12(17,18)11(9,15)16/h3-5H,2,6-7H2,1H3. The molecule has 0 spiro atoms. The van der Waals surface area contributed by atoms with E-state index in [0.29, 0.717) is 0 Å². The molecule has 0 unspecified atom stereocenters. The Morgan fingerprint density at radius 3 is 1.80 bits per heavy atom. The molecule has 0 atom stereocenters. The molecule has 0 aromatic rings. The lowest BCUT2D eigenvalue weighted by atomic mass is 10.1. The molecule has 0 amide bonds. The van der Waals surface area contributed by atoms with E-state index in [-0.39, 0.29) is 0 Å². The van der Waals surface area contributed by atoms with E-state index >= 15 is 0 Å². The Hall–Kier alpha value is -1.60. The third-order valence-electron chi connectivity index (χ3n) is 2.47. The Kier molecular flexibility index (Phi) is 4.45. The Labute approximate surface area is 111 Å². The summed E-state index contributed by atoms with van der Waals surface area (Å²) in [7, 11) is 0. The molecule has 0 heterocycles. The van der Waals surface area contributed by atoms with Gasteiger partial charge >= 0.3 is 17.8 Å². The first-order chi connectivity index (χ1) is 9.14. The van der Waals surface area contributed by atoms with Crippen molar-refractivity contribution in [3.63, 3.8) is 0 Å². The van der Waals surface area contributed by atoms with E-state index in [1.165, 1.54) is 19.1 Å². The fraction of sp³-hybridized carbons (Fsp3) is 0.500. The van der Waals surface area contributed by atoms with Crippen LogP contribution in [0.5, 0.6) is 0 Å². The number of rotatable bonds is 6. The maximum absolute atomic E-state index is 13.4. The van der Waals surface area contributed by atoms with Crippen LogP contribution >= 0.6 is 0 Å². The summed E-state index contributed by atoms with van der Waals surface area (Å²) in [5.41, 5.74) is 0. The van der Waals surface area contributed by atoms with Crippen molar-refractivity contribution in [2.75, 3.05) is 13.2 Å². The number of hydrogen-bond acceptors (Lipinski definition) is 2. The zero-order valence-electron chi connectivity index (χ0n) is 10.4. The molecule has 2 nitrogen and oxygen atoms in total. The second-order valence-corrected chi connectivity index (χ2v) is 3.86. The van der Waals surface area contributed by atoms with Crippen molar-refractivity contribution < 1.29 is 35.8 Å². The van der Waals surface area contributed by atoms with Crippen LogP contribution in [0.2, 0.25) is 0 Å². The molecule has 20 heavy (non-hydrogen) atoms. The summed E-state index contributed by atoms with van der Waals surface area (Å²) in [6.07, 6.45) is 3.54. The van der Waals surface area contributed by atoms with Gasteiger partial charge in [0.25, 0.3) is 0 Å². The van der Waals surface area contributed by atoms with E-state index in [1.54, 1.807) is 0 Å². The Bertz CT molecular complexity index is 439. The smallest absolute Gasteiger partial charge is 0.387 e. The van der Waals surface area contributed by atoms with Crippen molar-refractivity contribution >= 4 is 0 Å². The monoisotopic (exact) mass is 302 g/mol. The maximum Gasteiger partial charge on any atom is 0.387 e. The molecule has 0 aromatic heterocycles. The third kappa shape index (κ3) is 2.27. The van der Waals surface area contributed by atoms with E-state index in [0.717, 1.165) is 6.08 Å². The van der Waals surface area contributed by atoms with Crippen LogP contribution in [-0.4, -0.2) is 31.0 Å². The fourth-order valence-electron chi connectivity index (χ4n) is 1.45. The molecule has 0 fully saturated rings. The summed E-state index contributed by atoms with van der Waals surface area (Å²) < 4.78 is 88.8. The van der Waals surface area contributed by atoms with Crippen LogP contribution in [0.15, 0.2) is 36.3 Å². The minimum atomic E-state index is -5.62. The summed E-state index contributed by atoms with van der Waals surface area (Å²) in [5.74, 6) is -19.7. The maximum atomic E-state index is 13.4. The van der Waals surface area contributed by atoms with Gasteiger partial charge in [0.05, 0.1) is 0 Å². The molecule has 114 valence electrons. The van der Waals surface area contributed by atoms with Crippen molar-refractivity contribution in [1.82, 2.24) is 0 Å². The van der Waals surface area contributed by atoms with Gasteiger partial charge in [0.15, 0.2) is 0 Å². The normalized spacial score (nSPS) is 23.1. The Balaban J connectivity index is 3.25. The molecule has 1 aliphatic rings. The number of halogens is 6. The van der Waals surface area contributed by atoms with E-state index in [9.17, 15) is 26.3 Å². The van der Waals surface area contributed by atoms with Gasteiger partial charge in [0.2, 0.25) is 11.5 Å². The molecule has 0 bridgehead atoms. The first-order valence-corrected chi connectivity index (χ1v) is 5.50. The molecule has 0 saturated carbocycles. The third-order valence-corrected chi connectivity index (χ3v) is 2.47. The van der Waals surface area contributed by atoms with E-state index in [4.69, 9.17) is 0 Å². The number of allylic oxidation sites excluding steroid dienone is 3. The highest BCUT2D eigenvalue weighted by Gasteiger charge is 2.83. The van der Waals surface area contributed by atoms with Gasteiger partial charge in [-0.3, -0.25) is 0 Å². The topological polar surface area (TPSA) is 18.5 Å². The molecule has 0 aromatic carbocycles. The first-order valence-electron chi connectivity index (χ1n) is 5.50. The highest BCUT2D eigenvalue weighted by atomic mass is 19.3. The molecule has 1 aliphatic carbocycles. The SMILES string of the molecule is C=CCOC1=C(OCC=CC)C(F)(F)C(F)(F)C1(F)F. The zero-order chi connectivity index (χ0) is 15.6. The average molecular weight is 302 g/mol. The summed E-state index contributed by atoms with van der Waals surface area (Å²) in [4.78, 5) is 0. The highest BCUT2D eigenvalue weighted by molar-refractivity contribution is 5.34. The van der Waals surface area contributed by atoms with Crippen LogP contribution in [0.25, 0.3) is 0 Å². The minimum Gasteiger partial charge on any atom is -0.484 e. The van der Waals surface area contributed by atoms with Crippen LogP contribution in [-0.2, 0) is 9.47 Å². The second kappa shape index (κ2) is 5.41. The lowest BCUT2D eigenvalue weighted by molar-refractivity contribution is -0.276. The molecule has 0 aliphatic heterocycles. The summed E-state index contributed by atoms with van der Waals surface area (Å²) in [6.45, 7) is 3.45. The van der Waals surface area contributed by atoms with Crippen LogP contribution in [0.1, 0.15) is 6.92 Å². The van der Waals surface area contributed by atoms with Crippen LogP contribution in [0.4, 0.5) is 26.3 Å². The molecule has 1 rings (SSSR count). The van der Waals surface area contributed by atoms with Gasteiger partial charge in [-0.15, -0.1) is 0 Å². The Morgan fingerprint density at radius 1 is 0.950 bits per heavy atom. The van der Waals surface area contributed by atoms with E-state index in [2.05, 4.69) is 16.1 Å². The van der Waals surface area contributed by atoms with Crippen LogP contribution < -0.4 is 0 Å².